The van der Waals surface area contributed by atoms with Gasteiger partial charge in [-0.25, -0.2) is 4.79 Å². The average molecular weight is 417 g/mol. The first-order chi connectivity index (χ1) is 12.6. The summed E-state index contributed by atoms with van der Waals surface area (Å²) in [6, 6.07) is 7.67. The Kier molecular flexibility index (Phi) is 6.51. The second kappa shape index (κ2) is 8.45. The molecule has 0 unspecified atom stereocenters. The molecule has 2 rings (SSSR count). The van der Waals surface area contributed by atoms with Crippen molar-refractivity contribution >= 4 is 40.6 Å². The zero-order valence-electron chi connectivity index (χ0n) is 13.6. The monoisotopic (exact) mass is 416 g/mol. The summed E-state index contributed by atoms with van der Waals surface area (Å²) in [7, 11) is 0. The highest BCUT2D eigenvalue weighted by atomic mass is 35.5. The number of alkyl halides is 3. The van der Waals surface area contributed by atoms with Gasteiger partial charge < -0.3 is 15.8 Å². The summed E-state index contributed by atoms with van der Waals surface area (Å²) in [4.78, 5) is 10.6. The fourth-order valence-corrected chi connectivity index (χ4v) is 2.67. The molecule has 0 aliphatic carbocycles. The van der Waals surface area contributed by atoms with Crippen molar-refractivity contribution in [1.29, 1.82) is 5.41 Å². The van der Waals surface area contributed by atoms with E-state index in [1.54, 1.807) is 12.1 Å². The molecule has 0 heterocycles. The highest BCUT2D eigenvalue weighted by Gasteiger charge is 2.31. The van der Waals surface area contributed by atoms with E-state index in [-0.39, 0.29) is 23.5 Å². The van der Waals surface area contributed by atoms with E-state index in [0.717, 1.165) is 18.2 Å². The number of hydrogen-bond acceptors (Lipinski definition) is 3. The van der Waals surface area contributed by atoms with Gasteiger partial charge in [0.05, 0.1) is 11.3 Å². The molecule has 0 amide bonds. The molecule has 0 atom stereocenters. The SMILES string of the molecule is N=C(/C=C/C(=O)O)c1cc(C(F)(F)F)ccc1NCc1ccc(Cl)cc1Cl. The minimum Gasteiger partial charge on any atom is -0.478 e. The van der Waals surface area contributed by atoms with Crippen molar-refractivity contribution in [2.24, 2.45) is 0 Å². The van der Waals surface area contributed by atoms with Gasteiger partial charge in [-0.05, 0) is 42.0 Å². The van der Waals surface area contributed by atoms with Crippen LogP contribution in [-0.4, -0.2) is 16.8 Å². The van der Waals surface area contributed by atoms with Crippen molar-refractivity contribution in [2.75, 3.05) is 5.32 Å². The maximum absolute atomic E-state index is 13.0. The largest absolute Gasteiger partial charge is 0.478 e. The minimum atomic E-state index is -4.59. The van der Waals surface area contributed by atoms with Crippen LogP contribution in [0.1, 0.15) is 16.7 Å². The predicted molar refractivity (Wildman–Crippen MR) is 98.8 cm³/mol. The Morgan fingerprint density at radius 3 is 2.44 bits per heavy atom. The Hall–Kier alpha value is -2.51. The molecule has 2 aromatic carbocycles. The second-order valence-corrected chi connectivity index (χ2v) is 6.28. The van der Waals surface area contributed by atoms with Gasteiger partial charge in [-0.15, -0.1) is 0 Å². The zero-order chi connectivity index (χ0) is 20.2. The number of carbonyl (C=O) groups is 1. The van der Waals surface area contributed by atoms with Gasteiger partial charge in [-0.2, -0.15) is 13.2 Å². The molecule has 27 heavy (non-hydrogen) atoms. The number of carboxylic acid groups (broad SMARTS) is 1. The lowest BCUT2D eigenvalue weighted by molar-refractivity contribution is -0.137. The molecule has 0 spiro atoms. The molecule has 0 radical (unpaired) electrons. The van der Waals surface area contributed by atoms with E-state index in [4.69, 9.17) is 33.7 Å². The molecule has 0 fully saturated rings. The van der Waals surface area contributed by atoms with Crippen molar-refractivity contribution in [2.45, 2.75) is 12.7 Å². The number of hydrogen-bond donors (Lipinski definition) is 3. The lowest BCUT2D eigenvalue weighted by Crippen LogP contribution is -2.11. The van der Waals surface area contributed by atoms with Crippen LogP contribution in [0.3, 0.4) is 0 Å². The summed E-state index contributed by atoms with van der Waals surface area (Å²) in [5.74, 6) is -1.31. The molecule has 0 aromatic heterocycles. The van der Waals surface area contributed by atoms with Crippen LogP contribution in [0.2, 0.25) is 10.0 Å². The van der Waals surface area contributed by atoms with Crippen molar-refractivity contribution in [3.8, 4) is 0 Å². The Morgan fingerprint density at radius 2 is 1.85 bits per heavy atom. The molecular formula is C18H13Cl2F3N2O2. The van der Waals surface area contributed by atoms with E-state index >= 15 is 0 Å². The quantitative estimate of drug-likeness (QED) is 0.421. The number of halogens is 5. The highest BCUT2D eigenvalue weighted by Crippen LogP contribution is 2.32. The standard InChI is InChI=1S/C18H13Cl2F3N2O2/c19-12-3-1-10(14(20)8-12)9-25-16-5-2-11(18(21,22)23)7-13(16)15(24)4-6-17(26)27/h1-8,24-25H,9H2,(H,26,27)/b6-4+,24-15?. The van der Waals surface area contributed by atoms with Gasteiger partial charge in [-0.3, -0.25) is 0 Å². The lowest BCUT2D eigenvalue weighted by Gasteiger charge is -2.15. The number of aliphatic carboxylic acids is 1. The summed E-state index contributed by atoms with van der Waals surface area (Å²) >= 11 is 11.9. The molecule has 0 saturated carbocycles. The predicted octanol–water partition coefficient (Wildman–Crippen LogP) is 5.63. The van der Waals surface area contributed by atoms with Crippen molar-refractivity contribution in [1.82, 2.24) is 0 Å². The summed E-state index contributed by atoms with van der Waals surface area (Å²) in [6.07, 6.45) is -3.00. The third kappa shape index (κ3) is 5.74. The number of anilines is 1. The molecular weight excluding hydrogens is 404 g/mol. The summed E-state index contributed by atoms with van der Waals surface area (Å²) < 4.78 is 39.0. The average Bonchev–Trinajstić information content (AvgIpc) is 2.58. The smallest absolute Gasteiger partial charge is 0.416 e. The maximum atomic E-state index is 13.0. The van der Waals surface area contributed by atoms with Gasteiger partial charge in [0.1, 0.15) is 0 Å². The number of carboxylic acids is 1. The van der Waals surface area contributed by atoms with Crippen LogP contribution in [0, 0.1) is 5.41 Å². The fourth-order valence-electron chi connectivity index (χ4n) is 2.20. The van der Waals surface area contributed by atoms with Crippen molar-refractivity contribution in [3.63, 3.8) is 0 Å². The van der Waals surface area contributed by atoms with E-state index in [1.807, 2.05) is 0 Å². The van der Waals surface area contributed by atoms with Gasteiger partial charge in [-0.1, -0.05) is 29.3 Å². The van der Waals surface area contributed by atoms with Gasteiger partial charge >= 0.3 is 12.1 Å². The Morgan fingerprint density at radius 1 is 1.15 bits per heavy atom. The van der Waals surface area contributed by atoms with Gasteiger partial charge in [0.2, 0.25) is 0 Å². The molecule has 0 bridgehead atoms. The Bertz CT molecular complexity index is 912. The first-order valence-electron chi connectivity index (χ1n) is 7.47. The van der Waals surface area contributed by atoms with Crippen LogP contribution in [0.4, 0.5) is 18.9 Å². The fraction of sp³-hybridized carbons (Fsp3) is 0.111. The van der Waals surface area contributed by atoms with Crippen LogP contribution < -0.4 is 5.32 Å². The van der Waals surface area contributed by atoms with Crippen LogP contribution in [0.25, 0.3) is 0 Å². The molecule has 4 nitrogen and oxygen atoms in total. The van der Waals surface area contributed by atoms with Gasteiger partial charge in [0.25, 0.3) is 0 Å². The van der Waals surface area contributed by atoms with Crippen molar-refractivity contribution < 1.29 is 23.1 Å². The zero-order valence-corrected chi connectivity index (χ0v) is 15.1. The normalized spacial score (nSPS) is 11.6. The van der Waals surface area contributed by atoms with E-state index in [1.165, 1.54) is 12.1 Å². The molecule has 2 aromatic rings. The topological polar surface area (TPSA) is 73.2 Å². The van der Waals surface area contributed by atoms with Crippen LogP contribution in [0.15, 0.2) is 48.6 Å². The third-order valence-electron chi connectivity index (χ3n) is 3.51. The maximum Gasteiger partial charge on any atom is 0.416 e. The first kappa shape index (κ1) is 20.8. The minimum absolute atomic E-state index is 0.0904. The molecule has 0 aliphatic rings. The van der Waals surface area contributed by atoms with E-state index in [0.29, 0.717) is 21.7 Å². The van der Waals surface area contributed by atoms with Gasteiger partial charge in [0, 0.05) is 33.9 Å². The van der Waals surface area contributed by atoms with Gasteiger partial charge in [0.15, 0.2) is 0 Å². The summed E-state index contributed by atoms with van der Waals surface area (Å²) in [5, 5.41) is 20.3. The highest BCUT2D eigenvalue weighted by molar-refractivity contribution is 6.35. The van der Waals surface area contributed by atoms with Crippen LogP contribution in [-0.2, 0) is 17.5 Å². The number of benzene rings is 2. The molecule has 0 saturated heterocycles. The summed E-state index contributed by atoms with van der Waals surface area (Å²) in [5.41, 5.74) is -0.532. The van der Waals surface area contributed by atoms with E-state index in [9.17, 15) is 18.0 Å². The lowest BCUT2D eigenvalue weighted by atomic mass is 10.0. The third-order valence-corrected chi connectivity index (χ3v) is 4.10. The van der Waals surface area contributed by atoms with Crippen LogP contribution >= 0.6 is 23.2 Å². The summed E-state index contributed by atoms with van der Waals surface area (Å²) in [6.45, 7) is 0.171. The Balaban J connectivity index is 2.36. The first-order valence-corrected chi connectivity index (χ1v) is 8.22. The molecule has 9 heteroatoms. The number of nitrogens with one attached hydrogen (secondary N) is 2. The van der Waals surface area contributed by atoms with E-state index < -0.39 is 17.7 Å². The van der Waals surface area contributed by atoms with Crippen LogP contribution in [0.5, 0.6) is 0 Å². The molecule has 0 aliphatic heterocycles. The number of allylic oxidation sites excluding steroid dienone is 1. The van der Waals surface area contributed by atoms with E-state index in [2.05, 4.69) is 5.32 Å². The molecule has 3 N–H and O–H groups in total. The van der Waals surface area contributed by atoms with Crippen molar-refractivity contribution in [3.05, 3.63) is 75.3 Å². The molecule has 142 valence electrons. The second-order valence-electron chi connectivity index (χ2n) is 5.43. The Labute approximate surface area is 162 Å². The number of rotatable bonds is 6.